The Morgan fingerprint density at radius 2 is 2.12 bits per heavy atom. The van der Waals surface area contributed by atoms with Crippen molar-refractivity contribution in [1.82, 2.24) is 5.32 Å². The lowest BCUT2D eigenvalue weighted by atomic mass is 10.2. The lowest BCUT2D eigenvalue weighted by Crippen LogP contribution is -2.32. The molecule has 0 fully saturated rings. The zero-order valence-corrected chi connectivity index (χ0v) is 9.97. The van der Waals surface area contributed by atoms with Gasteiger partial charge in [-0.3, -0.25) is 4.79 Å². The highest BCUT2D eigenvalue weighted by atomic mass is 32.2. The summed E-state index contributed by atoms with van der Waals surface area (Å²) in [5.74, 6) is -1.14. The lowest BCUT2D eigenvalue weighted by molar-refractivity contribution is -0.135. The number of amidine groups is 1. The summed E-state index contributed by atoms with van der Waals surface area (Å²) < 4.78 is 26.6. The van der Waals surface area contributed by atoms with Crippen LogP contribution in [0.4, 0.5) is 0 Å². The number of hydrogen-bond donors (Lipinski definition) is 2. The fraction of sp³-hybridized carbons (Fsp3) is 0.556. The monoisotopic (exact) mass is 246 g/mol. The van der Waals surface area contributed by atoms with Gasteiger partial charge >= 0.3 is 5.97 Å². The average Bonchev–Trinajstić information content (AvgIpc) is 2.12. The van der Waals surface area contributed by atoms with Crippen LogP contribution in [0.1, 0.15) is 33.1 Å². The van der Waals surface area contributed by atoms with Crippen molar-refractivity contribution < 1.29 is 18.3 Å². The highest BCUT2D eigenvalue weighted by Gasteiger charge is 2.24. The highest BCUT2D eigenvalue weighted by Crippen LogP contribution is 2.20. The van der Waals surface area contributed by atoms with Gasteiger partial charge in [0, 0.05) is 5.70 Å². The summed E-state index contributed by atoms with van der Waals surface area (Å²) in [6.45, 7) is 3.38. The smallest absolute Gasteiger partial charge is 0.311 e. The first kappa shape index (κ1) is 12.7. The summed E-state index contributed by atoms with van der Waals surface area (Å²) >= 11 is 0. The minimum absolute atomic E-state index is 0.0263. The maximum absolute atomic E-state index is 11.6. The number of carboxylic acid groups (broad SMARTS) is 1. The first-order valence-electron chi connectivity index (χ1n) is 4.89. The predicted molar refractivity (Wildman–Crippen MR) is 59.4 cm³/mol. The van der Waals surface area contributed by atoms with E-state index in [1.165, 1.54) is 6.92 Å². The average molecular weight is 246 g/mol. The van der Waals surface area contributed by atoms with Gasteiger partial charge in [0.15, 0.2) is 0 Å². The minimum atomic E-state index is -3.69. The van der Waals surface area contributed by atoms with E-state index in [1.807, 2.05) is 6.92 Å². The molecule has 0 atom stereocenters. The topological polar surface area (TPSA) is 95.8 Å². The summed E-state index contributed by atoms with van der Waals surface area (Å²) in [7, 11) is -3.69. The molecule has 0 aromatic carbocycles. The fourth-order valence-electron chi connectivity index (χ4n) is 1.36. The van der Waals surface area contributed by atoms with Crippen LogP contribution in [0.3, 0.4) is 0 Å². The molecule has 1 aliphatic rings. The molecule has 6 nitrogen and oxygen atoms in total. The molecule has 0 aromatic rings. The number of sulfonamides is 1. The van der Waals surface area contributed by atoms with Gasteiger partial charge in [-0.2, -0.15) is 8.42 Å². The Labute approximate surface area is 94.1 Å². The molecule has 0 saturated heterocycles. The number of allylic oxidation sites excluding steroid dienone is 2. The molecule has 0 amide bonds. The third-order valence-corrected chi connectivity index (χ3v) is 3.64. The Kier molecular flexibility index (Phi) is 3.69. The maximum atomic E-state index is 11.6. The molecule has 16 heavy (non-hydrogen) atoms. The van der Waals surface area contributed by atoms with Gasteiger partial charge in [0.2, 0.25) is 0 Å². The molecule has 7 heteroatoms. The Morgan fingerprint density at radius 3 is 2.62 bits per heavy atom. The van der Waals surface area contributed by atoms with Crippen LogP contribution < -0.4 is 5.32 Å². The van der Waals surface area contributed by atoms with Gasteiger partial charge in [0.25, 0.3) is 10.0 Å². The predicted octanol–water partition coefficient (Wildman–Crippen LogP) is 0.824. The molecular weight excluding hydrogens is 232 g/mol. The third-order valence-electron chi connectivity index (χ3n) is 2.16. The largest absolute Gasteiger partial charge is 0.481 e. The molecule has 1 aliphatic heterocycles. The van der Waals surface area contributed by atoms with E-state index >= 15 is 0 Å². The Balaban J connectivity index is 3.03. The van der Waals surface area contributed by atoms with E-state index in [0.29, 0.717) is 12.1 Å². The van der Waals surface area contributed by atoms with Crippen LogP contribution >= 0.6 is 0 Å². The van der Waals surface area contributed by atoms with Crippen LogP contribution in [0, 0.1) is 0 Å². The molecule has 1 rings (SSSR count). The van der Waals surface area contributed by atoms with Crippen molar-refractivity contribution in [2.24, 2.45) is 4.40 Å². The minimum Gasteiger partial charge on any atom is -0.481 e. The van der Waals surface area contributed by atoms with Gasteiger partial charge in [-0.1, -0.05) is 13.3 Å². The molecule has 0 bridgehead atoms. The number of hydrogen-bond acceptors (Lipinski definition) is 4. The summed E-state index contributed by atoms with van der Waals surface area (Å²) in [4.78, 5) is 10.7. The quantitative estimate of drug-likeness (QED) is 0.765. The maximum Gasteiger partial charge on any atom is 0.311 e. The molecule has 0 saturated carbocycles. The first-order valence-corrected chi connectivity index (χ1v) is 6.33. The second-order valence-corrected chi connectivity index (χ2v) is 5.24. The molecule has 0 aromatic heterocycles. The van der Waals surface area contributed by atoms with E-state index in [2.05, 4.69) is 9.71 Å². The molecule has 0 aliphatic carbocycles. The van der Waals surface area contributed by atoms with Crippen molar-refractivity contribution in [2.75, 3.05) is 0 Å². The Bertz CT molecular complexity index is 462. The molecule has 0 unspecified atom stereocenters. The van der Waals surface area contributed by atoms with Gasteiger partial charge in [-0.25, -0.2) is 0 Å². The molecule has 0 spiro atoms. The molecule has 90 valence electrons. The zero-order chi connectivity index (χ0) is 12.3. The normalized spacial score (nSPS) is 19.0. The third kappa shape index (κ3) is 2.82. The summed E-state index contributed by atoms with van der Waals surface area (Å²) in [6.07, 6.45) is 0.916. The van der Waals surface area contributed by atoms with E-state index in [0.717, 1.165) is 6.42 Å². The highest BCUT2D eigenvalue weighted by molar-refractivity contribution is 7.94. The second-order valence-electron chi connectivity index (χ2n) is 3.49. The van der Waals surface area contributed by atoms with E-state index in [9.17, 15) is 13.2 Å². The standard InChI is InChI=1S/C9H14N2O4S/c1-3-4-7-6(2)16(14,15)11-8(10-7)5-9(12)13/h3-5H2,1-2H3,(H,10,11)(H,12,13). The summed E-state index contributed by atoms with van der Waals surface area (Å²) in [6, 6.07) is 0. The van der Waals surface area contributed by atoms with E-state index in [-0.39, 0.29) is 10.7 Å². The number of nitrogens with one attached hydrogen (secondary N) is 1. The Hall–Kier alpha value is -1.37. The zero-order valence-electron chi connectivity index (χ0n) is 9.15. The number of carbonyl (C=O) groups is 1. The van der Waals surface area contributed by atoms with Gasteiger partial charge in [-0.05, 0) is 13.3 Å². The van der Waals surface area contributed by atoms with Gasteiger partial charge < -0.3 is 10.4 Å². The van der Waals surface area contributed by atoms with Crippen molar-refractivity contribution in [3.05, 3.63) is 10.6 Å². The fourth-order valence-corrected chi connectivity index (χ4v) is 2.36. The van der Waals surface area contributed by atoms with Crippen LogP contribution in [0.15, 0.2) is 15.0 Å². The van der Waals surface area contributed by atoms with Crippen LogP contribution in [0.25, 0.3) is 0 Å². The first-order chi connectivity index (χ1) is 7.36. The van der Waals surface area contributed by atoms with Gasteiger partial charge in [0.1, 0.15) is 12.3 Å². The lowest BCUT2D eigenvalue weighted by Gasteiger charge is -2.18. The number of aliphatic carboxylic acids is 1. The molecule has 2 N–H and O–H groups in total. The number of carboxylic acids is 1. The van der Waals surface area contributed by atoms with Crippen LogP contribution in [-0.4, -0.2) is 25.3 Å². The van der Waals surface area contributed by atoms with Gasteiger partial charge in [-0.15, -0.1) is 4.40 Å². The van der Waals surface area contributed by atoms with E-state index in [4.69, 9.17) is 5.11 Å². The van der Waals surface area contributed by atoms with Crippen LogP contribution in [0.2, 0.25) is 0 Å². The summed E-state index contributed by atoms with van der Waals surface area (Å²) in [5.41, 5.74) is 0.536. The second kappa shape index (κ2) is 4.65. The van der Waals surface area contributed by atoms with Crippen LogP contribution in [0.5, 0.6) is 0 Å². The summed E-state index contributed by atoms with van der Waals surface area (Å²) in [5, 5.41) is 11.3. The SMILES string of the molecule is CCCC1=C(C)S(=O)(=O)N=C(CC(=O)O)N1. The van der Waals surface area contributed by atoms with E-state index in [1.54, 1.807) is 0 Å². The van der Waals surface area contributed by atoms with Gasteiger partial charge in [0.05, 0.1) is 4.91 Å². The molecule has 0 radical (unpaired) electrons. The Morgan fingerprint density at radius 1 is 1.50 bits per heavy atom. The molecule has 1 heterocycles. The number of nitrogens with zero attached hydrogens (tertiary/aromatic N) is 1. The van der Waals surface area contributed by atoms with Crippen molar-refractivity contribution in [3.63, 3.8) is 0 Å². The van der Waals surface area contributed by atoms with Crippen molar-refractivity contribution in [2.45, 2.75) is 33.1 Å². The van der Waals surface area contributed by atoms with Crippen LogP contribution in [-0.2, 0) is 14.8 Å². The number of rotatable bonds is 4. The van der Waals surface area contributed by atoms with Crippen molar-refractivity contribution in [3.8, 4) is 0 Å². The van der Waals surface area contributed by atoms with Crippen molar-refractivity contribution >= 4 is 21.8 Å². The van der Waals surface area contributed by atoms with E-state index < -0.39 is 22.4 Å². The van der Waals surface area contributed by atoms with Crippen molar-refractivity contribution in [1.29, 1.82) is 0 Å². The molecular formula is C9H14N2O4S.